The Labute approximate surface area is 116 Å². The van der Waals surface area contributed by atoms with Crippen molar-refractivity contribution < 1.29 is 4.42 Å². The van der Waals surface area contributed by atoms with Crippen LogP contribution in [0.3, 0.4) is 0 Å². The zero-order valence-electron chi connectivity index (χ0n) is 10.6. The van der Waals surface area contributed by atoms with E-state index in [1.54, 1.807) is 6.07 Å². The minimum atomic E-state index is -0.307. The van der Waals surface area contributed by atoms with Gasteiger partial charge in [0.1, 0.15) is 5.76 Å². The number of nitrogens with two attached hydrogens (primary N) is 1. The molecule has 96 valence electrons. The van der Waals surface area contributed by atoms with Crippen molar-refractivity contribution in [1.29, 1.82) is 0 Å². The van der Waals surface area contributed by atoms with E-state index in [0.717, 1.165) is 16.5 Å². The lowest BCUT2D eigenvalue weighted by molar-refractivity contribution is 0.492. The van der Waals surface area contributed by atoms with E-state index in [-0.39, 0.29) is 6.04 Å². The van der Waals surface area contributed by atoms with Crippen molar-refractivity contribution in [1.82, 2.24) is 0 Å². The summed E-state index contributed by atoms with van der Waals surface area (Å²) in [6.07, 6.45) is 0. The zero-order valence-corrected chi connectivity index (χ0v) is 11.3. The second-order valence-electron chi connectivity index (χ2n) is 4.64. The molecule has 0 saturated heterocycles. The van der Waals surface area contributed by atoms with Crippen molar-refractivity contribution in [3.63, 3.8) is 0 Å². The minimum absolute atomic E-state index is 0.307. The fourth-order valence-corrected chi connectivity index (χ4v) is 2.61. The summed E-state index contributed by atoms with van der Waals surface area (Å²) in [4.78, 5) is 0. The Bertz CT molecular complexity index is 732. The van der Waals surface area contributed by atoms with Gasteiger partial charge in [-0.15, -0.1) is 0 Å². The third-order valence-corrected chi connectivity index (χ3v) is 3.60. The highest BCUT2D eigenvalue weighted by atomic mass is 35.5. The molecule has 0 aliphatic carbocycles. The summed E-state index contributed by atoms with van der Waals surface area (Å²) < 4.78 is 5.44. The van der Waals surface area contributed by atoms with Crippen molar-refractivity contribution in [2.45, 2.75) is 13.0 Å². The van der Waals surface area contributed by atoms with Gasteiger partial charge in [-0.1, -0.05) is 36.4 Å². The van der Waals surface area contributed by atoms with Crippen LogP contribution in [-0.2, 0) is 0 Å². The van der Waals surface area contributed by atoms with E-state index in [1.165, 1.54) is 5.39 Å². The van der Waals surface area contributed by atoms with E-state index in [4.69, 9.17) is 21.8 Å². The summed E-state index contributed by atoms with van der Waals surface area (Å²) in [5.74, 6) is 0.685. The molecule has 2 aromatic carbocycles. The molecule has 1 unspecified atom stereocenters. The number of hydrogen-bond donors (Lipinski definition) is 1. The summed E-state index contributed by atoms with van der Waals surface area (Å²) in [6.45, 7) is 2.06. The molecule has 1 atom stereocenters. The predicted octanol–water partition coefficient (Wildman–Crippen LogP) is 4.44. The van der Waals surface area contributed by atoms with Gasteiger partial charge in [-0.2, -0.15) is 0 Å². The molecule has 2 nitrogen and oxygen atoms in total. The monoisotopic (exact) mass is 271 g/mol. The number of rotatable bonds is 2. The highest BCUT2D eigenvalue weighted by Gasteiger charge is 2.17. The summed E-state index contributed by atoms with van der Waals surface area (Å²) in [7, 11) is 0. The summed E-state index contributed by atoms with van der Waals surface area (Å²) in [5.41, 5.74) is 8.58. The van der Waals surface area contributed by atoms with Crippen LogP contribution in [0.4, 0.5) is 0 Å². The molecule has 3 heteroatoms. The second kappa shape index (κ2) is 4.72. The first-order valence-electron chi connectivity index (χ1n) is 6.16. The lowest BCUT2D eigenvalue weighted by Crippen LogP contribution is -2.13. The Hall–Kier alpha value is -1.77. The Morgan fingerprint density at radius 2 is 1.84 bits per heavy atom. The fraction of sp³-hybridized carbons (Fsp3) is 0.125. The molecule has 1 aromatic heterocycles. The highest BCUT2D eigenvalue weighted by molar-refractivity contribution is 6.28. The molecule has 0 aliphatic heterocycles. The van der Waals surface area contributed by atoms with Gasteiger partial charge >= 0.3 is 0 Å². The molecule has 0 radical (unpaired) electrons. The van der Waals surface area contributed by atoms with Gasteiger partial charge in [-0.3, -0.25) is 0 Å². The number of hydrogen-bond acceptors (Lipinski definition) is 2. The normalized spacial score (nSPS) is 12.8. The first-order valence-corrected chi connectivity index (χ1v) is 6.53. The van der Waals surface area contributed by atoms with Crippen LogP contribution in [0.25, 0.3) is 10.8 Å². The van der Waals surface area contributed by atoms with Crippen molar-refractivity contribution in [3.05, 3.63) is 70.6 Å². The summed E-state index contributed by atoms with van der Waals surface area (Å²) in [5, 5.41) is 2.70. The highest BCUT2D eigenvalue weighted by Crippen LogP contribution is 2.31. The maximum atomic E-state index is 6.34. The average molecular weight is 272 g/mol. The van der Waals surface area contributed by atoms with E-state index in [9.17, 15) is 0 Å². The maximum absolute atomic E-state index is 6.34. The molecule has 0 saturated carbocycles. The lowest BCUT2D eigenvalue weighted by Gasteiger charge is -2.15. The van der Waals surface area contributed by atoms with Crippen LogP contribution >= 0.6 is 11.6 Å². The van der Waals surface area contributed by atoms with Crippen molar-refractivity contribution >= 4 is 22.4 Å². The molecule has 0 aliphatic rings. The van der Waals surface area contributed by atoms with Crippen molar-refractivity contribution in [3.8, 4) is 0 Å². The topological polar surface area (TPSA) is 39.2 Å². The van der Waals surface area contributed by atoms with E-state index < -0.39 is 0 Å². The molecule has 19 heavy (non-hydrogen) atoms. The minimum Gasteiger partial charge on any atom is -0.448 e. The number of benzene rings is 2. The molecule has 0 amide bonds. The molecular weight excluding hydrogens is 258 g/mol. The Balaban J connectivity index is 2.21. The third kappa shape index (κ3) is 2.14. The summed E-state index contributed by atoms with van der Waals surface area (Å²) >= 11 is 5.83. The smallest absolute Gasteiger partial charge is 0.193 e. The number of halogens is 1. The molecule has 0 spiro atoms. The molecule has 3 rings (SSSR count). The van der Waals surface area contributed by atoms with Crippen LogP contribution in [0.5, 0.6) is 0 Å². The third-order valence-electron chi connectivity index (χ3n) is 3.40. The predicted molar refractivity (Wildman–Crippen MR) is 78.4 cm³/mol. The van der Waals surface area contributed by atoms with Gasteiger partial charge in [0.2, 0.25) is 0 Å². The van der Waals surface area contributed by atoms with E-state index in [0.29, 0.717) is 11.0 Å². The second-order valence-corrected chi connectivity index (χ2v) is 5.01. The van der Waals surface area contributed by atoms with Gasteiger partial charge < -0.3 is 10.2 Å². The Morgan fingerprint density at radius 3 is 2.58 bits per heavy atom. The quantitative estimate of drug-likeness (QED) is 0.748. The molecule has 0 bridgehead atoms. The molecule has 0 fully saturated rings. The van der Waals surface area contributed by atoms with Crippen molar-refractivity contribution in [2.24, 2.45) is 5.73 Å². The standard InChI is InChI=1S/C16H14ClNO/c1-10-6-7-11-4-2-3-5-12(11)15(10)16(18)13-8-9-14(17)19-13/h2-9,16H,18H2,1H3. The van der Waals surface area contributed by atoms with E-state index in [2.05, 4.69) is 31.2 Å². The van der Waals surface area contributed by atoms with Gasteiger partial charge in [-0.25, -0.2) is 0 Å². The van der Waals surface area contributed by atoms with Gasteiger partial charge in [0.15, 0.2) is 5.22 Å². The van der Waals surface area contributed by atoms with Gasteiger partial charge in [-0.05, 0) is 52.6 Å². The molecular formula is C16H14ClNO. The van der Waals surface area contributed by atoms with Gasteiger partial charge in [0.25, 0.3) is 0 Å². The fourth-order valence-electron chi connectivity index (χ4n) is 2.46. The van der Waals surface area contributed by atoms with Crippen LogP contribution in [-0.4, -0.2) is 0 Å². The van der Waals surface area contributed by atoms with Crippen LogP contribution in [0, 0.1) is 6.92 Å². The van der Waals surface area contributed by atoms with Gasteiger partial charge in [0, 0.05) is 0 Å². The lowest BCUT2D eigenvalue weighted by atomic mass is 9.93. The van der Waals surface area contributed by atoms with Crippen molar-refractivity contribution in [2.75, 3.05) is 0 Å². The Kier molecular flexibility index (Phi) is 3.05. The number of fused-ring (bicyclic) bond motifs is 1. The SMILES string of the molecule is Cc1ccc2ccccc2c1C(N)c1ccc(Cl)o1. The van der Waals surface area contributed by atoms with Gasteiger partial charge in [0.05, 0.1) is 6.04 Å². The van der Waals surface area contributed by atoms with E-state index >= 15 is 0 Å². The van der Waals surface area contributed by atoms with Crippen LogP contribution < -0.4 is 5.73 Å². The maximum Gasteiger partial charge on any atom is 0.193 e. The molecule has 1 heterocycles. The first-order chi connectivity index (χ1) is 9.16. The molecule has 3 aromatic rings. The molecule has 2 N–H and O–H groups in total. The first kappa shape index (κ1) is 12.3. The number of furan rings is 1. The van der Waals surface area contributed by atoms with Crippen LogP contribution in [0.15, 0.2) is 52.9 Å². The van der Waals surface area contributed by atoms with E-state index in [1.807, 2.05) is 18.2 Å². The van der Waals surface area contributed by atoms with Crippen LogP contribution in [0.2, 0.25) is 5.22 Å². The zero-order chi connectivity index (χ0) is 13.4. The van der Waals surface area contributed by atoms with Crippen LogP contribution in [0.1, 0.15) is 22.9 Å². The number of aryl methyl sites for hydroxylation is 1. The summed E-state index contributed by atoms with van der Waals surface area (Å²) in [6, 6.07) is 15.6. The average Bonchev–Trinajstić information content (AvgIpc) is 2.85. The Morgan fingerprint density at radius 1 is 1.05 bits per heavy atom. The largest absolute Gasteiger partial charge is 0.448 e.